The predicted molar refractivity (Wildman–Crippen MR) is 109 cm³/mol. The molecule has 24 heavy (non-hydrogen) atoms. The van der Waals surface area contributed by atoms with Crippen LogP contribution in [-0.4, -0.2) is 6.61 Å². The van der Waals surface area contributed by atoms with Crippen LogP contribution >= 0.6 is 0 Å². The van der Waals surface area contributed by atoms with E-state index in [1.165, 1.54) is 77.0 Å². The summed E-state index contributed by atoms with van der Waals surface area (Å²) in [6.45, 7) is 7.60. The summed E-state index contributed by atoms with van der Waals surface area (Å²) in [5.74, 6) is 0.980. The van der Waals surface area contributed by atoms with E-state index >= 15 is 0 Å². The van der Waals surface area contributed by atoms with Crippen LogP contribution < -0.4 is 4.74 Å². The summed E-state index contributed by atoms with van der Waals surface area (Å²) < 4.78 is 5.51. The Bertz CT molecular complexity index is 310. The van der Waals surface area contributed by atoms with Crippen LogP contribution in [0.2, 0.25) is 0 Å². The first-order valence-corrected chi connectivity index (χ1v) is 10.5. The van der Waals surface area contributed by atoms with Gasteiger partial charge in [-0.3, -0.25) is 0 Å². The van der Waals surface area contributed by atoms with Crippen molar-refractivity contribution in [3.8, 4) is 5.75 Å². The maximum atomic E-state index is 5.51. The van der Waals surface area contributed by atoms with Gasteiger partial charge in [-0.15, -0.1) is 0 Å². The van der Waals surface area contributed by atoms with Crippen molar-refractivity contribution in [1.29, 1.82) is 0 Å². The molecule has 1 aromatic carbocycles. The Kier molecular flexibility index (Phi) is 19.2. The van der Waals surface area contributed by atoms with Gasteiger partial charge in [0.05, 0.1) is 6.61 Å². The average molecular weight is 335 g/mol. The molecule has 0 heterocycles. The molecule has 0 atom stereocenters. The molecule has 0 aliphatic carbocycles. The zero-order valence-electron chi connectivity index (χ0n) is 16.7. The lowest BCUT2D eigenvalue weighted by Crippen LogP contribution is -1.96. The minimum atomic E-state index is 0.845. The molecule has 0 bridgehead atoms. The first-order chi connectivity index (χ1) is 11.8. The summed E-state index contributed by atoms with van der Waals surface area (Å²) in [6.07, 6.45) is 18.1. The number of para-hydroxylation sites is 1. The van der Waals surface area contributed by atoms with Gasteiger partial charge in [-0.05, 0) is 18.6 Å². The Morgan fingerprint density at radius 2 is 0.958 bits per heavy atom. The van der Waals surface area contributed by atoms with Crippen LogP contribution in [-0.2, 0) is 0 Å². The van der Waals surface area contributed by atoms with E-state index in [0.717, 1.165) is 18.8 Å². The molecule has 0 aromatic heterocycles. The molecule has 1 rings (SSSR count). The topological polar surface area (TPSA) is 9.23 Å². The quantitative estimate of drug-likeness (QED) is 0.312. The third-order valence-corrected chi connectivity index (χ3v) is 4.22. The highest BCUT2D eigenvalue weighted by Gasteiger charge is 1.91. The second kappa shape index (κ2) is 20.1. The van der Waals surface area contributed by atoms with Crippen LogP contribution in [0, 0.1) is 0 Å². The average Bonchev–Trinajstić information content (AvgIpc) is 2.63. The molecule has 0 radical (unpaired) electrons. The fourth-order valence-electron chi connectivity index (χ4n) is 2.62. The zero-order valence-corrected chi connectivity index (χ0v) is 16.7. The summed E-state index contributed by atoms with van der Waals surface area (Å²) >= 11 is 0. The second-order valence-corrected chi connectivity index (χ2v) is 6.70. The SMILES string of the molecule is CCCCCCCCCCCC.CCCCCOc1ccccc1. The Balaban J connectivity index is 0.000000441. The van der Waals surface area contributed by atoms with Crippen molar-refractivity contribution >= 4 is 0 Å². The molecule has 1 heteroatoms. The standard InChI is InChI=1S/C12H26.C11H16O/c1-3-5-7-9-11-12-10-8-6-4-2;1-2-3-7-10-12-11-8-5-4-6-9-11/h3-12H2,1-2H3;4-6,8-9H,2-3,7,10H2,1H3. The summed E-state index contributed by atoms with van der Waals surface area (Å²) in [5, 5.41) is 0. The highest BCUT2D eigenvalue weighted by molar-refractivity contribution is 5.20. The summed E-state index contributed by atoms with van der Waals surface area (Å²) in [4.78, 5) is 0. The van der Waals surface area contributed by atoms with Gasteiger partial charge in [0.25, 0.3) is 0 Å². The molecule has 0 fully saturated rings. The number of rotatable bonds is 14. The van der Waals surface area contributed by atoms with E-state index in [1.54, 1.807) is 0 Å². The maximum absolute atomic E-state index is 5.51. The first kappa shape index (κ1) is 23.0. The first-order valence-electron chi connectivity index (χ1n) is 10.5. The Morgan fingerprint density at radius 1 is 0.542 bits per heavy atom. The molecule has 0 saturated carbocycles. The Hall–Kier alpha value is -0.980. The summed E-state index contributed by atoms with van der Waals surface area (Å²) in [6, 6.07) is 9.97. The van der Waals surface area contributed by atoms with Crippen LogP contribution in [0.15, 0.2) is 30.3 Å². The second-order valence-electron chi connectivity index (χ2n) is 6.70. The molecule has 0 amide bonds. The zero-order chi connectivity index (χ0) is 17.7. The molecular weight excluding hydrogens is 292 g/mol. The molecule has 0 N–H and O–H groups in total. The maximum Gasteiger partial charge on any atom is 0.119 e. The van der Waals surface area contributed by atoms with Gasteiger partial charge in [-0.25, -0.2) is 0 Å². The minimum Gasteiger partial charge on any atom is -0.494 e. The van der Waals surface area contributed by atoms with E-state index in [2.05, 4.69) is 20.8 Å². The van der Waals surface area contributed by atoms with Crippen molar-refractivity contribution in [2.24, 2.45) is 0 Å². The molecule has 0 aliphatic rings. The molecule has 0 spiro atoms. The van der Waals surface area contributed by atoms with Crippen LogP contribution in [0.3, 0.4) is 0 Å². The minimum absolute atomic E-state index is 0.845. The fourth-order valence-corrected chi connectivity index (χ4v) is 2.62. The predicted octanol–water partition coefficient (Wildman–Crippen LogP) is 8.18. The van der Waals surface area contributed by atoms with Gasteiger partial charge in [-0.1, -0.05) is 116 Å². The van der Waals surface area contributed by atoms with Crippen molar-refractivity contribution in [2.45, 2.75) is 104 Å². The van der Waals surface area contributed by atoms with E-state index in [-0.39, 0.29) is 0 Å². The number of hydrogen-bond donors (Lipinski definition) is 0. The lowest BCUT2D eigenvalue weighted by atomic mass is 10.1. The molecule has 0 saturated heterocycles. The van der Waals surface area contributed by atoms with Crippen molar-refractivity contribution in [1.82, 2.24) is 0 Å². The highest BCUT2D eigenvalue weighted by atomic mass is 16.5. The van der Waals surface area contributed by atoms with Gasteiger partial charge in [0.1, 0.15) is 5.75 Å². The molecular formula is C23H42O. The fraction of sp³-hybridized carbons (Fsp3) is 0.739. The summed E-state index contributed by atoms with van der Waals surface area (Å²) in [5.41, 5.74) is 0. The molecule has 140 valence electrons. The lowest BCUT2D eigenvalue weighted by molar-refractivity contribution is 0.306. The molecule has 1 aromatic rings. The Morgan fingerprint density at radius 3 is 1.42 bits per heavy atom. The van der Waals surface area contributed by atoms with Crippen LogP contribution in [0.1, 0.15) is 104 Å². The van der Waals surface area contributed by atoms with Gasteiger partial charge >= 0.3 is 0 Å². The van der Waals surface area contributed by atoms with E-state index in [9.17, 15) is 0 Å². The number of ether oxygens (including phenoxy) is 1. The molecule has 0 unspecified atom stereocenters. The normalized spacial score (nSPS) is 10.1. The monoisotopic (exact) mass is 334 g/mol. The van der Waals surface area contributed by atoms with Crippen LogP contribution in [0.4, 0.5) is 0 Å². The van der Waals surface area contributed by atoms with Gasteiger partial charge in [-0.2, -0.15) is 0 Å². The number of unbranched alkanes of at least 4 members (excludes halogenated alkanes) is 11. The van der Waals surface area contributed by atoms with Crippen molar-refractivity contribution < 1.29 is 4.74 Å². The third-order valence-electron chi connectivity index (χ3n) is 4.22. The van der Waals surface area contributed by atoms with Crippen molar-refractivity contribution in [3.05, 3.63) is 30.3 Å². The van der Waals surface area contributed by atoms with Crippen molar-refractivity contribution in [2.75, 3.05) is 6.61 Å². The highest BCUT2D eigenvalue weighted by Crippen LogP contribution is 2.10. The number of hydrogen-bond acceptors (Lipinski definition) is 1. The van der Waals surface area contributed by atoms with E-state index in [0.29, 0.717) is 0 Å². The van der Waals surface area contributed by atoms with E-state index in [1.807, 2.05) is 30.3 Å². The van der Waals surface area contributed by atoms with E-state index < -0.39 is 0 Å². The molecule has 0 aliphatic heterocycles. The van der Waals surface area contributed by atoms with Crippen LogP contribution in [0.25, 0.3) is 0 Å². The van der Waals surface area contributed by atoms with Gasteiger partial charge in [0.15, 0.2) is 0 Å². The van der Waals surface area contributed by atoms with E-state index in [4.69, 9.17) is 4.74 Å². The lowest BCUT2D eigenvalue weighted by Gasteiger charge is -2.04. The van der Waals surface area contributed by atoms with Crippen LogP contribution in [0.5, 0.6) is 5.75 Å². The van der Waals surface area contributed by atoms with Gasteiger partial charge in [0.2, 0.25) is 0 Å². The largest absolute Gasteiger partial charge is 0.494 e. The van der Waals surface area contributed by atoms with Crippen molar-refractivity contribution in [3.63, 3.8) is 0 Å². The molecule has 1 nitrogen and oxygen atoms in total. The summed E-state index contributed by atoms with van der Waals surface area (Å²) in [7, 11) is 0. The smallest absolute Gasteiger partial charge is 0.119 e. The van der Waals surface area contributed by atoms with Gasteiger partial charge in [0, 0.05) is 0 Å². The number of benzene rings is 1. The van der Waals surface area contributed by atoms with Gasteiger partial charge < -0.3 is 4.74 Å². The third kappa shape index (κ3) is 17.4. The Labute approximate surface area is 152 Å².